The number of benzene rings is 1. The van der Waals surface area contributed by atoms with E-state index >= 15 is 0 Å². The number of amides is 1. The number of carbonyl (C=O) groups excluding carboxylic acids is 1. The Hall–Kier alpha value is -2.52. The van der Waals surface area contributed by atoms with Gasteiger partial charge in [-0.3, -0.25) is 10.1 Å². The topological polar surface area (TPSA) is 82.2 Å². The van der Waals surface area contributed by atoms with Gasteiger partial charge < -0.3 is 9.42 Å². The van der Waals surface area contributed by atoms with Gasteiger partial charge in [0.15, 0.2) is 6.19 Å². The molecule has 0 saturated carbocycles. The first-order valence-electron chi connectivity index (χ1n) is 7.75. The van der Waals surface area contributed by atoms with Crippen molar-refractivity contribution < 1.29 is 9.32 Å². The van der Waals surface area contributed by atoms with Gasteiger partial charge in [0, 0.05) is 35.7 Å². The number of likely N-dealkylation sites (tertiary alicyclic amines) is 1. The molecule has 1 N–H and O–H groups in total. The molecule has 6 nitrogen and oxygen atoms in total. The molecule has 1 aliphatic rings. The van der Waals surface area contributed by atoms with Crippen LogP contribution < -0.4 is 5.32 Å². The number of hydrogen-bond acceptors (Lipinski definition) is 5. The van der Waals surface area contributed by atoms with E-state index in [9.17, 15) is 4.79 Å². The van der Waals surface area contributed by atoms with E-state index in [0.29, 0.717) is 29.7 Å². The van der Waals surface area contributed by atoms with E-state index in [1.165, 1.54) is 0 Å². The molecule has 1 fully saturated rings. The molecule has 0 spiro atoms. The van der Waals surface area contributed by atoms with Gasteiger partial charge in [-0.2, -0.15) is 5.26 Å². The van der Waals surface area contributed by atoms with Crippen LogP contribution in [-0.4, -0.2) is 29.1 Å². The minimum Gasteiger partial charge on any atom is -0.338 e. The van der Waals surface area contributed by atoms with Crippen molar-refractivity contribution in [1.29, 1.82) is 5.26 Å². The van der Waals surface area contributed by atoms with E-state index in [2.05, 4.69) is 16.7 Å². The van der Waals surface area contributed by atoms with Crippen molar-refractivity contribution in [1.82, 2.24) is 10.1 Å². The van der Waals surface area contributed by atoms with Crippen LogP contribution in [0.25, 0.3) is 11.3 Å². The number of hydrogen-bond donors (Lipinski definition) is 1. The Morgan fingerprint density at radius 3 is 3.08 bits per heavy atom. The van der Waals surface area contributed by atoms with Crippen LogP contribution in [0.3, 0.4) is 0 Å². The van der Waals surface area contributed by atoms with E-state index in [0.717, 1.165) is 12.0 Å². The predicted octanol–water partition coefficient (Wildman–Crippen LogP) is 3.37. The molecule has 1 aromatic heterocycles. The maximum Gasteiger partial charge on any atom is 0.231 e. The van der Waals surface area contributed by atoms with E-state index in [1.807, 2.05) is 19.1 Å². The number of anilines is 1. The van der Waals surface area contributed by atoms with Gasteiger partial charge in [-0.15, -0.1) is 0 Å². The highest BCUT2D eigenvalue weighted by molar-refractivity contribution is 6.30. The summed E-state index contributed by atoms with van der Waals surface area (Å²) >= 11 is 5.97. The Morgan fingerprint density at radius 2 is 2.38 bits per heavy atom. The van der Waals surface area contributed by atoms with Crippen LogP contribution in [0, 0.1) is 23.3 Å². The third kappa shape index (κ3) is 3.52. The van der Waals surface area contributed by atoms with Crippen LogP contribution in [0.4, 0.5) is 5.88 Å². The Bertz CT molecular complexity index is 783. The van der Waals surface area contributed by atoms with E-state index in [-0.39, 0.29) is 17.7 Å². The Morgan fingerprint density at radius 1 is 1.54 bits per heavy atom. The molecule has 1 saturated heterocycles. The molecule has 2 atom stereocenters. The summed E-state index contributed by atoms with van der Waals surface area (Å²) in [5, 5.41) is 16.2. The third-order valence-electron chi connectivity index (χ3n) is 4.36. The summed E-state index contributed by atoms with van der Waals surface area (Å²) in [6.07, 6.45) is 2.97. The molecule has 1 amide bonds. The van der Waals surface area contributed by atoms with E-state index in [4.69, 9.17) is 21.4 Å². The lowest BCUT2D eigenvalue weighted by Crippen LogP contribution is -2.28. The molecular weight excluding hydrogens is 328 g/mol. The smallest absolute Gasteiger partial charge is 0.231 e. The van der Waals surface area contributed by atoms with Gasteiger partial charge in [-0.05, 0) is 24.5 Å². The molecule has 1 aromatic carbocycles. The number of rotatable bonds is 4. The normalized spacial score (nSPS) is 18.2. The summed E-state index contributed by atoms with van der Waals surface area (Å²) in [5.41, 5.74) is 1.43. The molecule has 2 aromatic rings. The van der Waals surface area contributed by atoms with Crippen LogP contribution in [-0.2, 0) is 4.79 Å². The Labute approximate surface area is 145 Å². The van der Waals surface area contributed by atoms with Gasteiger partial charge in [-0.1, -0.05) is 35.8 Å². The molecule has 24 heavy (non-hydrogen) atoms. The minimum absolute atomic E-state index is 0.131. The fourth-order valence-electron chi connectivity index (χ4n) is 2.85. The van der Waals surface area contributed by atoms with Crippen molar-refractivity contribution in [2.24, 2.45) is 11.8 Å². The number of nitrogens with zero attached hydrogens (tertiary/aromatic N) is 3. The summed E-state index contributed by atoms with van der Waals surface area (Å²) < 4.78 is 5.20. The third-order valence-corrected chi connectivity index (χ3v) is 4.60. The number of halogens is 1. The monoisotopic (exact) mass is 344 g/mol. The summed E-state index contributed by atoms with van der Waals surface area (Å²) in [5.74, 6) is 0.133. The summed E-state index contributed by atoms with van der Waals surface area (Å²) in [7, 11) is 0. The van der Waals surface area contributed by atoms with Crippen molar-refractivity contribution >= 4 is 23.4 Å². The molecule has 2 heterocycles. The summed E-state index contributed by atoms with van der Waals surface area (Å²) in [6.45, 7) is 3.20. The zero-order chi connectivity index (χ0) is 17.1. The van der Waals surface area contributed by atoms with Crippen LogP contribution in [0.2, 0.25) is 5.02 Å². The predicted molar refractivity (Wildman–Crippen MR) is 90.0 cm³/mol. The molecule has 1 aliphatic heterocycles. The highest BCUT2D eigenvalue weighted by Gasteiger charge is 2.31. The number of nitrogens with one attached hydrogen (secondary N) is 1. The van der Waals surface area contributed by atoms with Crippen molar-refractivity contribution in [3.05, 3.63) is 35.4 Å². The molecule has 0 unspecified atom stereocenters. The quantitative estimate of drug-likeness (QED) is 0.860. The average Bonchev–Trinajstić information content (AvgIpc) is 3.23. The van der Waals surface area contributed by atoms with Gasteiger partial charge in [0.2, 0.25) is 11.8 Å². The largest absolute Gasteiger partial charge is 0.338 e. The maximum absolute atomic E-state index is 12.4. The highest BCUT2D eigenvalue weighted by Crippen LogP contribution is 2.27. The second-order valence-corrected chi connectivity index (χ2v) is 6.40. The number of aromatic nitrogens is 1. The van der Waals surface area contributed by atoms with Crippen LogP contribution in [0.15, 0.2) is 34.9 Å². The first-order chi connectivity index (χ1) is 11.6. The average molecular weight is 345 g/mol. The molecule has 0 bridgehead atoms. The molecule has 7 heteroatoms. The molecular formula is C17H17ClN4O2. The maximum atomic E-state index is 12.4. The van der Waals surface area contributed by atoms with Crippen molar-refractivity contribution in [2.45, 2.75) is 13.3 Å². The number of nitriles is 1. The Balaban J connectivity index is 1.64. The van der Waals surface area contributed by atoms with Gasteiger partial charge in [0.25, 0.3) is 0 Å². The molecule has 0 radical (unpaired) electrons. The fraction of sp³-hybridized carbons (Fsp3) is 0.353. The van der Waals surface area contributed by atoms with Gasteiger partial charge in [0.1, 0.15) is 5.69 Å². The van der Waals surface area contributed by atoms with Crippen LogP contribution in [0.5, 0.6) is 0 Å². The molecule has 3 rings (SSSR count). The zero-order valence-corrected chi connectivity index (χ0v) is 14.0. The lowest BCUT2D eigenvalue weighted by atomic mass is 9.92. The minimum atomic E-state index is -0.205. The van der Waals surface area contributed by atoms with Crippen molar-refractivity contribution in [3.63, 3.8) is 0 Å². The Kier molecular flexibility index (Phi) is 4.72. The zero-order valence-electron chi connectivity index (χ0n) is 13.2. The summed E-state index contributed by atoms with van der Waals surface area (Å²) in [6, 6.07) is 8.93. The summed E-state index contributed by atoms with van der Waals surface area (Å²) in [4.78, 5) is 14.1. The van der Waals surface area contributed by atoms with Gasteiger partial charge >= 0.3 is 0 Å². The lowest BCUT2D eigenvalue weighted by Gasteiger charge is -2.17. The first-order valence-corrected chi connectivity index (χ1v) is 8.13. The lowest BCUT2D eigenvalue weighted by molar-refractivity contribution is -0.120. The number of carbonyl (C=O) groups is 1. The second-order valence-electron chi connectivity index (χ2n) is 5.96. The standard InChI is InChI=1S/C17H17ClN4O2/c1-11(13-5-6-22(9-13)10-19)17(23)20-16-8-15(21-24-16)12-3-2-4-14(18)7-12/h2-4,7-8,11,13H,5-6,9H2,1H3,(H,20,23)/t11-,13+/m0/s1. The highest BCUT2D eigenvalue weighted by atomic mass is 35.5. The van der Waals surface area contributed by atoms with Crippen LogP contribution >= 0.6 is 11.6 Å². The molecule has 124 valence electrons. The first kappa shape index (κ1) is 16.3. The van der Waals surface area contributed by atoms with Crippen molar-refractivity contribution in [2.75, 3.05) is 18.4 Å². The van der Waals surface area contributed by atoms with E-state index < -0.39 is 0 Å². The van der Waals surface area contributed by atoms with E-state index in [1.54, 1.807) is 23.1 Å². The van der Waals surface area contributed by atoms with Gasteiger partial charge in [0.05, 0.1) is 0 Å². The van der Waals surface area contributed by atoms with Crippen molar-refractivity contribution in [3.8, 4) is 17.5 Å². The fourth-order valence-corrected chi connectivity index (χ4v) is 3.04. The van der Waals surface area contributed by atoms with Crippen LogP contribution in [0.1, 0.15) is 13.3 Å². The second kappa shape index (κ2) is 6.93. The molecule has 0 aliphatic carbocycles. The SMILES string of the molecule is C[C@H](C(=O)Nc1cc(-c2cccc(Cl)c2)no1)[C@@H]1CCN(C#N)C1. The van der Waals surface area contributed by atoms with Gasteiger partial charge in [-0.25, -0.2) is 0 Å².